The van der Waals surface area contributed by atoms with Gasteiger partial charge in [0.25, 0.3) is 0 Å². The Morgan fingerprint density at radius 2 is 1.44 bits per heavy atom. The fourth-order valence-corrected chi connectivity index (χ4v) is 3.66. The third-order valence-corrected chi connectivity index (χ3v) is 5.03. The van der Waals surface area contributed by atoms with Crippen molar-refractivity contribution in [1.29, 1.82) is 5.26 Å². The van der Waals surface area contributed by atoms with Crippen LogP contribution >= 0.6 is 15.9 Å². The lowest BCUT2D eigenvalue weighted by molar-refractivity contribution is -0.0488. The molecule has 3 aromatic rings. The summed E-state index contributed by atoms with van der Waals surface area (Å²) in [7, 11) is 0. The average molecular weight is 427 g/mol. The molecule has 1 heterocycles. The van der Waals surface area contributed by atoms with Crippen LogP contribution in [0.5, 0.6) is 0 Å². The fourth-order valence-electron chi connectivity index (χ4n) is 2.94. The molecule has 0 amide bonds. The molecule has 0 aliphatic heterocycles. The second-order valence-electron chi connectivity index (χ2n) is 5.94. The second kappa shape index (κ2) is 8.98. The molecule has 3 rings (SSSR count). The minimum atomic E-state index is -0.691. The Balaban J connectivity index is 2.21. The Bertz CT molecular complexity index is 930. The summed E-state index contributed by atoms with van der Waals surface area (Å²) in [6, 6.07) is 21.6. The van der Waals surface area contributed by atoms with Crippen LogP contribution in [0, 0.1) is 11.3 Å². The number of halogens is 1. The van der Waals surface area contributed by atoms with E-state index in [0.29, 0.717) is 10.0 Å². The van der Waals surface area contributed by atoms with Gasteiger partial charge in [0.2, 0.25) is 0 Å². The van der Waals surface area contributed by atoms with Gasteiger partial charge in [-0.1, -0.05) is 60.7 Å². The lowest BCUT2D eigenvalue weighted by atomic mass is 10.1. The Labute approximate surface area is 166 Å². The van der Waals surface area contributed by atoms with Gasteiger partial charge in [0, 0.05) is 0 Å². The van der Waals surface area contributed by atoms with Gasteiger partial charge in [0.1, 0.15) is 18.9 Å². The third kappa shape index (κ3) is 3.97. The van der Waals surface area contributed by atoms with Crippen LogP contribution in [0.15, 0.2) is 65.1 Å². The molecule has 0 saturated heterocycles. The topological polar surface area (TPSA) is 78.4 Å². The number of ether oxygens (including phenoxy) is 1. The maximum absolute atomic E-state index is 9.80. The van der Waals surface area contributed by atoms with Crippen molar-refractivity contribution in [2.24, 2.45) is 0 Å². The first-order valence-electron chi connectivity index (χ1n) is 8.47. The van der Waals surface area contributed by atoms with Gasteiger partial charge in [-0.15, -0.1) is 0 Å². The van der Waals surface area contributed by atoms with Crippen LogP contribution in [0.25, 0.3) is 22.5 Å². The Kier molecular flexibility index (Phi) is 6.43. The van der Waals surface area contributed by atoms with Crippen LogP contribution in [0.1, 0.15) is 5.56 Å². The van der Waals surface area contributed by atoms with E-state index in [9.17, 15) is 15.5 Å². The van der Waals surface area contributed by atoms with Crippen LogP contribution in [0.3, 0.4) is 0 Å². The van der Waals surface area contributed by atoms with E-state index in [1.807, 2.05) is 65.2 Å². The van der Waals surface area contributed by atoms with E-state index in [2.05, 4.69) is 22.0 Å². The van der Waals surface area contributed by atoms with Gasteiger partial charge in [-0.2, -0.15) is 5.26 Å². The number of nitriles is 1. The maximum Gasteiger partial charge on any atom is 0.124 e. The lowest BCUT2D eigenvalue weighted by Crippen LogP contribution is -2.23. The summed E-state index contributed by atoms with van der Waals surface area (Å²) in [6.07, 6.45) is -0.691. The summed E-state index contributed by atoms with van der Waals surface area (Å²) in [6.45, 7) is -0.489. The van der Waals surface area contributed by atoms with Crippen molar-refractivity contribution in [2.75, 3.05) is 13.2 Å². The number of aromatic nitrogens is 1. The van der Waals surface area contributed by atoms with E-state index in [0.717, 1.165) is 22.5 Å². The zero-order chi connectivity index (χ0) is 19.2. The highest BCUT2D eigenvalue weighted by atomic mass is 79.9. The van der Waals surface area contributed by atoms with Crippen molar-refractivity contribution in [2.45, 2.75) is 12.8 Å². The molecular weight excluding hydrogens is 408 g/mol. The Morgan fingerprint density at radius 1 is 0.926 bits per heavy atom. The van der Waals surface area contributed by atoms with Crippen molar-refractivity contribution in [3.8, 4) is 28.6 Å². The molecule has 1 aromatic heterocycles. The molecule has 2 aromatic carbocycles. The monoisotopic (exact) mass is 426 g/mol. The van der Waals surface area contributed by atoms with E-state index >= 15 is 0 Å². The predicted octanol–water partition coefficient (Wildman–Crippen LogP) is 3.78. The first kappa shape index (κ1) is 19.3. The van der Waals surface area contributed by atoms with Gasteiger partial charge >= 0.3 is 0 Å². The van der Waals surface area contributed by atoms with Crippen LogP contribution in [-0.4, -0.2) is 34.1 Å². The number of hydrogen-bond acceptors (Lipinski definition) is 4. The SMILES string of the molecule is N#Cc1c(Br)c(-c2ccccc2)n(COC(CO)CO)c1-c1ccccc1. The molecule has 0 radical (unpaired) electrons. The molecule has 0 spiro atoms. The van der Waals surface area contributed by atoms with Gasteiger partial charge in [0.05, 0.1) is 34.6 Å². The molecule has 0 saturated carbocycles. The first-order valence-corrected chi connectivity index (χ1v) is 9.26. The Hall–Kier alpha value is -2.43. The van der Waals surface area contributed by atoms with Gasteiger partial charge < -0.3 is 19.5 Å². The predicted molar refractivity (Wildman–Crippen MR) is 107 cm³/mol. The van der Waals surface area contributed by atoms with Crippen molar-refractivity contribution in [3.63, 3.8) is 0 Å². The molecule has 138 valence electrons. The number of benzene rings is 2. The number of aliphatic hydroxyl groups is 2. The Morgan fingerprint density at radius 3 is 1.93 bits per heavy atom. The number of aliphatic hydroxyl groups excluding tert-OH is 2. The van der Waals surface area contributed by atoms with Crippen LogP contribution < -0.4 is 0 Å². The largest absolute Gasteiger partial charge is 0.394 e. The fraction of sp³-hybridized carbons (Fsp3) is 0.190. The van der Waals surface area contributed by atoms with Crippen LogP contribution in [0.2, 0.25) is 0 Å². The summed E-state index contributed by atoms with van der Waals surface area (Å²) >= 11 is 3.59. The highest BCUT2D eigenvalue weighted by Crippen LogP contribution is 2.40. The van der Waals surface area contributed by atoms with Gasteiger partial charge in [-0.05, 0) is 27.1 Å². The number of rotatable bonds is 7. The standard InChI is InChI=1S/C21H19BrN2O3/c22-19-18(11-23)20(15-7-3-1-4-8-15)24(14-27-17(12-25)13-26)21(19)16-9-5-2-6-10-16/h1-10,17,25-26H,12-14H2. The summed E-state index contributed by atoms with van der Waals surface area (Å²) in [4.78, 5) is 0. The summed E-state index contributed by atoms with van der Waals surface area (Å²) in [5.74, 6) is 0. The van der Waals surface area contributed by atoms with E-state index in [1.54, 1.807) is 0 Å². The van der Waals surface area contributed by atoms with Crippen LogP contribution in [0.4, 0.5) is 0 Å². The normalized spacial score (nSPS) is 10.9. The molecule has 0 unspecified atom stereocenters. The van der Waals surface area contributed by atoms with Gasteiger partial charge in [0.15, 0.2) is 0 Å². The van der Waals surface area contributed by atoms with Crippen molar-refractivity contribution in [1.82, 2.24) is 4.57 Å². The zero-order valence-corrected chi connectivity index (χ0v) is 16.1. The lowest BCUT2D eigenvalue weighted by Gasteiger charge is -2.18. The molecule has 5 nitrogen and oxygen atoms in total. The average Bonchev–Trinajstić information content (AvgIpc) is 3.01. The summed E-state index contributed by atoms with van der Waals surface area (Å²) in [5, 5.41) is 28.5. The number of nitrogens with zero attached hydrogens (tertiary/aromatic N) is 2. The molecule has 0 fully saturated rings. The van der Waals surface area contributed by atoms with Gasteiger partial charge in [-0.3, -0.25) is 0 Å². The quantitative estimate of drug-likeness (QED) is 0.602. The van der Waals surface area contributed by atoms with E-state index in [4.69, 9.17) is 4.74 Å². The molecular formula is C21H19BrN2O3. The van der Waals surface area contributed by atoms with E-state index in [1.165, 1.54) is 0 Å². The van der Waals surface area contributed by atoms with E-state index < -0.39 is 6.10 Å². The third-order valence-electron chi connectivity index (χ3n) is 4.26. The van der Waals surface area contributed by atoms with Gasteiger partial charge in [-0.25, -0.2) is 0 Å². The summed E-state index contributed by atoms with van der Waals surface area (Å²) < 4.78 is 8.27. The smallest absolute Gasteiger partial charge is 0.124 e. The van der Waals surface area contributed by atoms with E-state index in [-0.39, 0.29) is 19.9 Å². The minimum Gasteiger partial charge on any atom is -0.394 e. The highest BCUT2D eigenvalue weighted by molar-refractivity contribution is 9.10. The molecule has 0 aliphatic carbocycles. The van der Waals surface area contributed by atoms with Crippen LogP contribution in [-0.2, 0) is 11.5 Å². The molecule has 0 atom stereocenters. The van der Waals surface area contributed by atoms with Crippen molar-refractivity contribution >= 4 is 15.9 Å². The molecule has 27 heavy (non-hydrogen) atoms. The zero-order valence-electron chi connectivity index (χ0n) is 14.5. The molecule has 0 bridgehead atoms. The maximum atomic E-state index is 9.80. The van der Waals surface area contributed by atoms with Crippen molar-refractivity contribution < 1.29 is 14.9 Å². The second-order valence-corrected chi connectivity index (χ2v) is 6.73. The molecule has 0 aliphatic rings. The molecule has 6 heteroatoms. The number of hydrogen-bond donors (Lipinski definition) is 2. The summed E-state index contributed by atoms with van der Waals surface area (Å²) in [5.41, 5.74) is 3.84. The highest BCUT2D eigenvalue weighted by Gasteiger charge is 2.24. The first-order chi connectivity index (χ1) is 13.2. The van der Waals surface area contributed by atoms with Crippen molar-refractivity contribution in [3.05, 3.63) is 70.7 Å². The molecule has 2 N–H and O–H groups in total. The minimum absolute atomic E-state index is 0.0839.